The van der Waals surface area contributed by atoms with E-state index >= 15 is 0 Å². The second-order valence-electron chi connectivity index (χ2n) is 5.67. The molecular formula is C18H18ClNO5S. The molecule has 1 N–H and O–H groups in total. The number of nitrogens with one attached hydrogen (secondary N) is 1. The van der Waals surface area contributed by atoms with Crippen LogP contribution in [-0.4, -0.2) is 33.8 Å². The SMILES string of the molecule is CNS(=O)(=O)c1ccc(Cl)c(C(=O)OCC(=O)c2cc(C)ccc2C)c1. The number of benzene rings is 2. The van der Waals surface area contributed by atoms with Crippen molar-refractivity contribution in [2.45, 2.75) is 18.7 Å². The lowest BCUT2D eigenvalue weighted by atomic mass is 10.0. The minimum atomic E-state index is -3.74. The fourth-order valence-electron chi connectivity index (χ4n) is 2.27. The average Bonchev–Trinajstić information content (AvgIpc) is 2.61. The Morgan fingerprint density at radius 2 is 1.77 bits per heavy atom. The van der Waals surface area contributed by atoms with Gasteiger partial charge < -0.3 is 4.74 Å². The van der Waals surface area contributed by atoms with Gasteiger partial charge in [0, 0.05) is 5.56 Å². The van der Waals surface area contributed by atoms with Gasteiger partial charge >= 0.3 is 5.97 Å². The van der Waals surface area contributed by atoms with Gasteiger partial charge in [-0.05, 0) is 50.7 Å². The van der Waals surface area contributed by atoms with Crippen LogP contribution in [0.4, 0.5) is 0 Å². The molecule has 2 rings (SSSR count). The maximum Gasteiger partial charge on any atom is 0.340 e. The number of ketones is 1. The maximum absolute atomic E-state index is 12.3. The van der Waals surface area contributed by atoms with Gasteiger partial charge in [0.1, 0.15) is 0 Å². The lowest BCUT2D eigenvalue weighted by Gasteiger charge is -2.09. The number of carbonyl (C=O) groups is 2. The number of Topliss-reactive ketones (excluding diaryl/α,β-unsaturated/α-hetero) is 1. The van der Waals surface area contributed by atoms with Gasteiger partial charge in [-0.15, -0.1) is 0 Å². The number of hydrogen-bond donors (Lipinski definition) is 1. The van der Waals surface area contributed by atoms with E-state index in [9.17, 15) is 18.0 Å². The number of aryl methyl sites for hydroxylation is 2. The molecule has 0 fully saturated rings. The molecular weight excluding hydrogens is 378 g/mol. The number of carbonyl (C=O) groups excluding carboxylic acids is 2. The lowest BCUT2D eigenvalue weighted by molar-refractivity contribution is 0.0474. The fraction of sp³-hybridized carbons (Fsp3) is 0.222. The molecule has 2 aromatic rings. The van der Waals surface area contributed by atoms with Crippen LogP contribution < -0.4 is 4.72 Å². The van der Waals surface area contributed by atoms with E-state index in [0.29, 0.717) is 5.56 Å². The van der Waals surface area contributed by atoms with Crippen molar-refractivity contribution in [3.63, 3.8) is 0 Å². The van der Waals surface area contributed by atoms with Crippen LogP contribution in [0.2, 0.25) is 5.02 Å². The molecule has 0 radical (unpaired) electrons. The third-order valence-corrected chi connectivity index (χ3v) is 5.51. The van der Waals surface area contributed by atoms with Crippen LogP contribution in [0.25, 0.3) is 0 Å². The summed E-state index contributed by atoms with van der Waals surface area (Å²) in [5, 5.41) is 0.0317. The van der Waals surface area contributed by atoms with E-state index in [2.05, 4.69) is 4.72 Å². The molecule has 0 aromatic heterocycles. The summed E-state index contributed by atoms with van der Waals surface area (Å²) in [6, 6.07) is 9.08. The second kappa shape index (κ2) is 7.99. The quantitative estimate of drug-likeness (QED) is 0.600. The van der Waals surface area contributed by atoms with Crippen molar-refractivity contribution >= 4 is 33.4 Å². The van der Waals surface area contributed by atoms with Crippen LogP contribution >= 0.6 is 11.6 Å². The zero-order valence-corrected chi connectivity index (χ0v) is 16.1. The highest BCUT2D eigenvalue weighted by Gasteiger charge is 2.20. The van der Waals surface area contributed by atoms with Crippen molar-refractivity contribution in [3.8, 4) is 0 Å². The predicted octanol–water partition coefficient (Wildman–Crippen LogP) is 2.90. The zero-order valence-electron chi connectivity index (χ0n) is 14.5. The number of rotatable bonds is 6. The highest BCUT2D eigenvalue weighted by molar-refractivity contribution is 7.89. The van der Waals surface area contributed by atoms with Gasteiger partial charge in [-0.3, -0.25) is 4.79 Å². The normalized spacial score (nSPS) is 11.2. The molecule has 0 aliphatic carbocycles. The number of hydrogen-bond acceptors (Lipinski definition) is 5. The van der Waals surface area contributed by atoms with Crippen molar-refractivity contribution in [3.05, 3.63) is 63.7 Å². The van der Waals surface area contributed by atoms with E-state index in [0.717, 1.165) is 17.2 Å². The van der Waals surface area contributed by atoms with E-state index in [4.69, 9.17) is 16.3 Å². The summed E-state index contributed by atoms with van der Waals surface area (Å²) >= 11 is 5.96. The minimum Gasteiger partial charge on any atom is -0.454 e. The predicted molar refractivity (Wildman–Crippen MR) is 98.2 cm³/mol. The highest BCUT2D eigenvalue weighted by atomic mass is 35.5. The summed E-state index contributed by atoms with van der Waals surface area (Å²) in [7, 11) is -2.48. The first kappa shape index (κ1) is 20.1. The third kappa shape index (κ3) is 4.49. The van der Waals surface area contributed by atoms with Gasteiger partial charge in [-0.25, -0.2) is 17.9 Å². The molecule has 0 amide bonds. The zero-order chi connectivity index (χ0) is 19.5. The first-order valence-corrected chi connectivity index (χ1v) is 9.52. The van der Waals surface area contributed by atoms with E-state index < -0.39 is 22.6 Å². The van der Waals surface area contributed by atoms with Crippen molar-refractivity contribution < 1.29 is 22.7 Å². The summed E-state index contributed by atoms with van der Waals surface area (Å²) in [6.07, 6.45) is 0. The van der Waals surface area contributed by atoms with E-state index in [-0.39, 0.29) is 21.3 Å². The van der Waals surface area contributed by atoms with Crippen molar-refractivity contribution in [1.29, 1.82) is 0 Å². The smallest absolute Gasteiger partial charge is 0.340 e. The first-order chi connectivity index (χ1) is 12.2. The van der Waals surface area contributed by atoms with Crippen LogP contribution in [0, 0.1) is 13.8 Å². The molecule has 26 heavy (non-hydrogen) atoms. The van der Waals surface area contributed by atoms with Crippen molar-refractivity contribution in [1.82, 2.24) is 4.72 Å². The summed E-state index contributed by atoms with van der Waals surface area (Å²) in [4.78, 5) is 24.4. The summed E-state index contributed by atoms with van der Waals surface area (Å²) in [5.41, 5.74) is 2.03. The number of ether oxygens (including phenoxy) is 1. The third-order valence-electron chi connectivity index (χ3n) is 3.76. The molecule has 8 heteroatoms. The molecule has 0 saturated carbocycles. The second-order valence-corrected chi connectivity index (χ2v) is 7.96. The largest absolute Gasteiger partial charge is 0.454 e. The van der Waals surface area contributed by atoms with Crippen LogP contribution in [0.1, 0.15) is 31.8 Å². The molecule has 6 nitrogen and oxygen atoms in total. The Kier molecular flexibility index (Phi) is 6.17. The fourth-order valence-corrected chi connectivity index (χ4v) is 3.22. The Labute approximate surface area is 157 Å². The van der Waals surface area contributed by atoms with Gasteiger partial charge in [-0.2, -0.15) is 0 Å². The summed E-state index contributed by atoms with van der Waals surface area (Å²) in [6.45, 7) is 3.18. The van der Waals surface area contributed by atoms with Crippen molar-refractivity contribution in [2.24, 2.45) is 0 Å². The highest BCUT2D eigenvalue weighted by Crippen LogP contribution is 2.21. The number of esters is 1. The van der Waals surface area contributed by atoms with Crippen LogP contribution in [0.15, 0.2) is 41.3 Å². The minimum absolute atomic E-state index is 0.0317. The topological polar surface area (TPSA) is 89.5 Å². The molecule has 0 bridgehead atoms. The Hall–Kier alpha value is -2.22. The molecule has 0 aliphatic rings. The van der Waals surface area contributed by atoms with Crippen molar-refractivity contribution in [2.75, 3.05) is 13.7 Å². The lowest BCUT2D eigenvalue weighted by Crippen LogP contribution is -2.20. The Morgan fingerprint density at radius 3 is 2.42 bits per heavy atom. The molecule has 0 unspecified atom stereocenters. The van der Waals surface area contributed by atoms with Gasteiger partial charge in [0.15, 0.2) is 6.61 Å². The van der Waals surface area contributed by atoms with Gasteiger partial charge in [0.05, 0.1) is 15.5 Å². The molecule has 0 aliphatic heterocycles. The standard InChI is InChI=1S/C18H18ClNO5S/c1-11-4-5-12(2)14(8-11)17(21)10-25-18(22)15-9-13(6-7-16(15)19)26(23,24)20-3/h4-9,20H,10H2,1-3H3. The average molecular weight is 396 g/mol. The monoisotopic (exact) mass is 395 g/mol. The van der Waals surface area contributed by atoms with Crippen LogP contribution in [0.5, 0.6) is 0 Å². The Balaban J connectivity index is 2.19. The Bertz CT molecular complexity index is 970. The number of halogens is 1. The molecule has 0 atom stereocenters. The van der Waals surface area contributed by atoms with E-state index in [1.165, 1.54) is 19.2 Å². The Morgan fingerprint density at radius 1 is 1.08 bits per heavy atom. The van der Waals surface area contributed by atoms with Gasteiger partial charge in [0.25, 0.3) is 0 Å². The summed E-state index contributed by atoms with van der Waals surface area (Å²) < 4.78 is 30.9. The first-order valence-electron chi connectivity index (χ1n) is 7.66. The molecule has 0 spiro atoms. The van der Waals surface area contributed by atoms with Crippen LogP contribution in [-0.2, 0) is 14.8 Å². The van der Waals surface area contributed by atoms with Gasteiger partial charge in [-0.1, -0.05) is 29.3 Å². The molecule has 138 valence electrons. The molecule has 0 heterocycles. The van der Waals surface area contributed by atoms with E-state index in [1.54, 1.807) is 13.0 Å². The van der Waals surface area contributed by atoms with Crippen LogP contribution in [0.3, 0.4) is 0 Å². The maximum atomic E-state index is 12.3. The number of sulfonamides is 1. The summed E-state index contributed by atoms with van der Waals surface area (Å²) in [5.74, 6) is -1.23. The molecule has 0 saturated heterocycles. The molecule has 2 aromatic carbocycles. The van der Waals surface area contributed by atoms with E-state index in [1.807, 2.05) is 19.1 Å². The van der Waals surface area contributed by atoms with Gasteiger partial charge in [0.2, 0.25) is 15.8 Å².